The molecule has 0 fully saturated rings. The van der Waals surface area contributed by atoms with Crippen LogP contribution in [0.25, 0.3) is 0 Å². The zero-order valence-corrected chi connectivity index (χ0v) is 4.55. The van der Waals surface area contributed by atoms with Gasteiger partial charge in [0.1, 0.15) is 6.26 Å². The predicted octanol–water partition coefficient (Wildman–Crippen LogP) is 0.0254. The van der Waals surface area contributed by atoms with E-state index in [1.165, 1.54) is 0 Å². The van der Waals surface area contributed by atoms with Crippen LogP contribution in [0, 0.1) is 0 Å². The highest BCUT2D eigenvalue weighted by Crippen LogP contribution is 1.97. The highest BCUT2D eigenvalue weighted by molar-refractivity contribution is 6.16. The third kappa shape index (κ3) is 0.586. The molecule has 4 nitrogen and oxygen atoms in total. The maximum Gasteiger partial charge on any atom is 0.435 e. The fourth-order valence-corrected chi connectivity index (χ4v) is 0.388. The molecule has 0 saturated heterocycles. The van der Waals surface area contributed by atoms with Crippen molar-refractivity contribution in [3.63, 3.8) is 0 Å². The Bertz CT molecular complexity index is 238. The fraction of sp³-hybridized carbons (Fsp3) is 0. The van der Waals surface area contributed by atoms with Crippen molar-refractivity contribution in [1.82, 2.24) is 4.09 Å². The lowest BCUT2D eigenvalue weighted by molar-refractivity contribution is 0.510. The first-order valence-corrected chi connectivity index (χ1v) is 2.18. The fourth-order valence-electron chi connectivity index (χ4n) is 0.309. The first-order valence-electron chi connectivity index (χ1n) is 1.84. The van der Waals surface area contributed by atoms with Crippen molar-refractivity contribution in [1.29, 1.82) is 0 Å². The Kier molecular flexibility index (Phi) is 1.02. The lowest BCUT2D eigenvalue weighted by Gasteiger charge is -1.80. The average Bonchev–Trinajstić information content (AvgIpc) is 1.98. The second kappa shape index (κ2) is 1.56. The molecule has 44 valence electrons. The molecular formula is C3H3ClN2O2. The number of rotatable bonds is 0. The molecule has 0 aliphatic heterocycles. The van der Waals surface area contributed by atoms with Crippen LogP contribution in [0.4, 0.5) is 5.82 Å². The molecule has 2 N–H and O–H groups in total. The van der Waals surface area contributed by atoms with E-state index in [-0.39, 0.29) is 5.82 Å². The summed E-state index contributed by atoms with van der Waals surface area (Å²) in [5.74, 6) is -0.555. The van der Waals surface area contributed by atoms with Gasteiger partial charge in [0.15, 0.2) is 5.82 Å². The Hall–Kier alpha value is -0.900. The van der Waals surface area contributed by atoms with Gasteiger partial charge in [0, 0.05) is 11.8 Å². The van der Waals surface area contributed by atoms with E-state index >= 15 is 0 Å². The molecule has 0 aliphatic rings. The molecule has 0 amide bonds. The maximum absolute atomic E-state index is 10.2. The van der Waals surface area contributed by atoms with Crippen LogP contribution in [0.2, 0.25) is 0 Å². The molecule has 0 unspecified atom stereocenters. The molecule has 1 rings (SSSR count). The van der Waals surface area contributed by atoms with Gasteiger partial charge in [0.2, 0.25) is 0 Å². The third-order valence-electron chi connectivity index (χ3n) is 0.667. The molecule has 5 heteroatoms. The second-order valence-corrected chi connectivity index (χ2v) is 1.55. The number of nitrogens with two attached hydrogens (primary N) is 1. The van der Waals surface area contributed by atoms with E-state index in [1.807, 2.05) is 0 Å². The molecule has 1 aromatic rings. The van der Waals surface area contributed by atoms with Crippen LogP contribution in [0.15, 0.2) is 15.5 Å². The normalized spacial score (nSPS) is 9.62. The van der Waals surface area contributed by atoms with Gasteiger partial charge in [-0.1, -0.05) is 0 Å². The Morgan fingerprint density at radius 3 is 2.62 bits per heavy atom. The van der Waals surface area contributed by atoms with Gasteiger partial charge < -0.3 is 10.2 Å². The molecule has 1 aromatic heterocycles. The van der Waals surface area contributed by atoms with Gasteiger partial charge in [-0.15, -0.1) is 0 Å². The van der Waals surface area contributed by atoms with Gasteiger partial charge in [-0.2, -0.15) is 4.09 Å². The summed E-state index contributed by atoms with van der Waals surface area (Å²) in [4.78, 5) is 10.2. The lowest BCUT2D eigenvalue weighted by Crippen LogP contribution is -2.06. The van der Waals surface area contributed by atoms with Gasteiger partial charge in [-0.25, -0.2) is 4.79 Å². The summed E-state index contributed by atoms with van der Waals surface area (Å²) in [6, 6.07) is 0. The quantitative estimate of drug-likeness (QED) is 0.544. The highest BCUT2D eigenvalue weighted by Gasteiger charge is 1.98. The first-order chi connectivity index (χ1) is 3.72. The van der Waals surface area contributed by atoms with Crippen molar-refractivity contribution in [2.24, 2.45) is 0 Å². The summed E-state index contributed by atoms with van der Waals surface area (Å²) < 4.78 is 4.94. The molecule has 0 radical (unpaired) electrons. The number of nitrogens with zero attached hydrogens (tertiary/aromatic N) is 1. The molecule has 0 bridgehead atoms. The topological polar surface area (TPSA) is 61.2 Å². The highest BCUT2D eigenvalue weighted by atomic mass is 35.5. The van der Waals surface area contributed by atoms with Crippen molar-refractivity contribution >= 4 is 17.6 Å². The van der Waals surface area contributed by atoms with Crippen molar-refractivity contribution in [3.8, 4) is 0 Å². The summed E-state index contributed by atoms with van der Waals surface area (Å²) in [6.07, 6.45) is 1.08. The van der Waals surface area contributed by atoms with E-state index in [9.17, 15) is 4.79 Å². The minimum absolute atomic E-state index is 0.108. The van der Waals surface area contributed by atoms with Gasteiger partial charge in [-0.05, 0) is 0 Å². The largest absolute Gasteiger partial charge is 0.435 e. The Balaban J connectivity index is 3.41. The first kappa shape index (κ1) is 5.24. The van der Waals surface area contributed by atoms with Crippen LogP contribution < -0.4 is 11.5 Å². The number of halogens is 1. The SMILES string of the molecule is Nc1coc(=O)n1Cl. The third-order valence-corrected chi connectivity index (χ3v) is 1.00. The maximum atomic E-state index is 10.2. The van der Waals surface area contributed by atoms with E-state index in [0.717, 1.165) is 6.26 Å². The molecule has 0 aliphatic carbocycles. The van der Waals surface area contributed by atoms with Gasteiger partial charge >= 0.3 is 5.76 Å². The van der Waals surface area contributed by atoms with Crippen molar-refractivity contribution in [3.05, 3.63) is 16.8 Å². The number of nitrogen functional groups attached to an aromatic ring is 1. The monoisotopic (exact) mass is 134 g/mol. The van der Waals surface area contributed by atoms with Gasteiger partial charge in [-0.3, -0.25) is 0 Å². The Morgan fingerprint density at radius 1 is 1.88 bits per heavy atom. The van der Waals surface area contributed by atoms with Crippen LogP contribution in [0.3, 0.4) is 0 Å². The van der Waals surface area contributed by atoms with Gasteiger partial charge in [0.05, 0.1) is 0 Å². The van der Waals surface area contributed by atoms with Crippen LogP contribution in [-0.2, 0) is 0 Å². The standard InChI is InChI=1S/C3H3ClN2O2/c4-6-2(5)1-8-3(6)7/h1H,5H2. The van der Waals surface area contributed by atoms with Crippen LogP contribution in [0.5, 0.6) is 0 Å². The number of hydrogen-bond donors (Lipinski definition) is 1. The molecule has 0 atom stereocenters. The summed E-state index contributed by atoms with van der Waals surface area (Å²) in [6.45, 7) is 0. The van der Waals surface area contributed by atoms with Crippen LogP contribution in [0.1, 0.15) is 0 Å². The van der Waals surface area contributed by atoms with Gasteiger partial charge in [0.25, 0.3) is 0 Å². The number of hydrogen-bond acceptors (Lipinski definition) is 3. The molecule has 0 saturated carbocycles. The van der Waals surface area contributed by atoms with Crippen molar-refractivity contribution in [2.75, 3.05) is 5.73 Å². The zero-order valence-electron chi connectivity index (χ0n) is 3.80. The van der Waals surface area contributed by atoms with Crippen molar-refractivity contribution < 1.29 is 4.42 Å². The van der Waals surface area contributed by atoms with E-state index in [0.29, 0.717) is 4.09 Å². The summed E-state index contributed by atoms with van der Waals surface area (Å²) >= 11 is 5.18. The summed E-state index contributed by atoms with van der Waals surface area (Å²) in [7, 11) is 0. The summed E-state index contributed by atoms with van der Waals surface area (Å²) in [5.41, 5.74) is 5.08. The number of anilines is 1. The van der Waals surface area contributed by atoms with E-state index < -0.39 is 5.76 Å². The van der Waals surface area contributed by atoms with Crippen LogP contribution in [-0.4, -0.2) is 4.09 Å². The van der Waals surface area contributed by atoms with E-state index in [2.05, 4.69) is 4.42 Å². The lowest BCUT2D eigenvalue weighted by atomic mass is 10.8. The molecular weight excluding hydrogens is 131 g/mol. The molecule has 8 heavy (non-hydrogen) atoms. The van der Waals surface area contributed by atoms with Crippen molar-refractivity contribution in [2.45, 2.75) is 0 Å². The minimum Gasteiger partial charge on any atom is -0.413 e. The minimum atomic E-state index is -0.663. The summed E-state index contributed by atoms with van der Waals surface area (Å²) in [5, 5.41) is 0. The second-order valence-electron chi connectivity index (χ2n) is 1.21. The Morgan fingerprint density at radius 2 is 2.50 bits per heavy atom. The molecule has 0 aromatic carbocycles. The Labute approximate surface area is 49.6 Å². The smallest absolute Gasteiger partial charge is 0.413 e. The predicted molar refractivity (Wildman–Crippen MR) is 28.6 cm³/mol. The van der Waals surface area contributed by atoms with Crippen LogP contribution >= 0.6 is 11.8 Å². The van der Waals surface area contributed by atoms with E-state index in [4.69, 9.17) is 17.5 Å². The van der Waals surface area contributed by atoms with E-state index in [1.54, 1.807) is 0 Å². The number of oxazole rings is 1. The number of aromatic nitrogens is 1. The average molecular weight is 135 g/mol. The molecule has 1 heterocycles. The molecule has 0 spiro atoms. The zero-order chi connectivity index (χ0) is 6.15.